The highest BCUT2D eigenvalue weighted by Crippen LogP contribution is 2.30. The second kappa shape index (κ2) is 6.04. The van der Waals surface area contributed by atoms with Crippen LogP contribution in [0.3, 0.4) is 0 Å². The molecular formula is C19H27N2O+. The van der Waals surface area contributed by atoms with E-state index in [4.69, 9.17) is 0 Å². The molecule has 2 aliphatic heterocycles. The first-order chi connectivity index (χ1) is 10.8. The van der Waals surface area contributed by atoms with Crippen molar-refractivity contribution in [2.45, 2.75) is 69.6 Å². The standard InChI is InChI=1S/C19H26N2O/c22-19(15-9-10-15)20-16-11-17-7-4-8-18(12-16)21(17)13-14-5-2-1-3-6-14/h1-3,5-6,15-18H,4,7-13H2,(H,20,22)/p+1/t16?,17-,18+. The average molecular weight is 299 g/mol. The van der Waals surface area contributed by atoms with E-state index in [-0.39, 0.29) is 0 Å². The Hall–Kier alpha value is -1.35. The molecule has 2 bridgehead atoms. The van der Waals surface area contributed by atoms with Crippen molar-refractivity contribution in [1.82, 2.24) is 5.32 Å². The highest BCUT2D eigenvalue weighted by atomic mass is 16.2. The van der Waals surface area contributed by atoms with Gasteiger partial charge in [-0.05, 0) is 32.1 Å². The van der Waals surface area contributed by atoms with Crippen LogP contribution in [-0.4, -0.2) is 24.0 Å². The Kier molecular flexibility index (Phi) is 3.91. The van der Waals surface area contributed by atoms with Gasteiger partial charge in [-0.25, -0.2) is 0 Å². The first kappa shape index (κ1) is 14.3. The van der Waals surface area contributed by atoms with Crippen LogP contribution in [0.25, 0.3) is 0 Å². The third-order valence-electron chi connectivity index (χ3n) is 5.84. The van der Waals surface area contributed by atoms with Crippen molar-refractivity contribution in [3.05, 3.63) is 35.9 Å². The van der Waals surface area contributed by atoms with Gasteiger partial charge in [0.15, 0.2) is 0 Å². The molecule has 4 rings (SSSR count). The highest BCUT2D eigenvalue weighted by molar-refractivity contribution is 5.81. The maximum Gasteiger partial charge on any atom is 0.223 e. The molecule has 0 spiro atoms. The van der Waals surface area contributed by atoms with Gasteiger partial charge in [-0.15, -0.1) is 0 Å². The van der Waals surface area contributed by atoms with Gasteiger partial charge in [0.2, 0.25) is 5.91 Å². The number of rotatable bonds is 4. The minimum Gasteiger partial charge on any atom is -0.353 e. The molecule has 2 saturated heterocycles. The number of nitrogens with one attached hydrogen (secondary N) is 2. The van der Waals surface area contributed by atoms with Crippen LogP contribution >= 0.6 is 0 Å². The number of benzene rings is 1. The normalized spacial score (nSPS) is 34.2. The van der Waals surface area contributed by atoms with E-state index in [2.05, 4.69) is 35.6 Å². The maximum absolute atomic E-state index is 12.0. The van der Waals surface area contributed by atoms with Gasteiger partial charge in [-0.3, -0.25) is 4.79 Å². The quantitative estimate of drug-likeness (QED) is 0.871. The first-order valence-corrected chi connectivity index (χ1v) is 8.99. The zero-order valence-electron chi connectivity index (χ0n) is 13.3. The van der Waals surface area contributed by atoms with Gasteiger partial charge in [0, 0.05) is 30.4 Å². The van der Waals surface area contributed by atoms with E-state index in [9.17, 15) is 4.79 Å². The maximum atomic E-state index is 12.0. The molecule has 1 amide bonds. The Morgan fingerprint density at radius 1 is 1.05 bits per heavy atom. The second-order valence-corrected chi connectivity index (χ2v) is 7.51. The molecule has 4 atom stereocenters. The molecule has 3 fully saturated rings. The smallest absolute Gasteiger partial charge is 0.223 e. The molecule has 2 N–H and O–H groups in total. The van der Waals surface area contributed by atoms with Crippen molar-refractivity contribution in [3.63, 3.8) is 0 Å². The summed E-state index contributed by atoms with van der Waals surface area (Å²) in [6.07, 6.45) is 8.60. The summed E-state index contributed by atoms with van der Waals surface area (Å²) < 4.78 is 0. The molecule has 2 heterocycles. The Morgan fingerprint density at radius 3 is 2.36 bits per heavy atom. The van der Waals surface area contributed by atoms with E-state index < -0.39 is 0 Å². The summed E-state index contributed by atoms with van der Waals surface area (Å²) in [5.74, 6) is 0.670. The van der Waals surface area contributed by atoms with E-state index in [0.29, 0.717) is 17.9 Å². The second-order valence-electron chi connectivity index (χ2n) is 7.51. The molecule has 0 aromatic heterocycles. The molecule has 3 aliphatic rings. The van der Waals surface area contributed by atoms with Gasteiger partial charge in [0.05, 0.1) is 12.1 Å². The lowest BCUT2D eigenvalue weighted by molar-refractivity contribution is -0.973. The zero-order chi connectivity index (χ0) is 14.9. The van der Waals surface area contributed by atoms with Crippen LogP contribution in [0.4, 0.5) is 0 Å². The summed E-state index contributed by atoms with van der Waals surface area (Å²) in [6, 6.07) is 12.8. The van der Waals surface area contributed by atoms with E-state index >= 15 is 0 Å². The molecule has 3 nitrogen and oxygen atoms in total. The molecule has 2 unspecified atom stereocenters. The summed E-state index contributed by atoms with van der Waals surface area (Å²) in [5, 5.41) is 3.34. The third-order valence-corrected chi connectivity index (χ3v) is 5.84. The molecule has 22 heavy (non-hydrogen) atoms. The van der Waals surface area contributed by atoms with Gasteiger partial charge in [-0.1, -0.05) is 30.3 Å². The van der Waals surface area contributed by atoms with E-state index in [1.165, 1.54) is 37.7 Å². The predicted molar refractivity (Wildman–Crippen MR) is 86.4 cm³/mol. The van der Waals surface area contributed by atoms with Crippen LogP contribution in [0.5, 0.6) is 0 Å². The molecule has 1 aromatic carbocycles. The average Bonchev–Trinajstić information content (AvgIpc) is 3.34. The minimum absolute atomic E-state index is 0.328. The van der Waals surface area contributed by atoms with Gasteiger partial charge in [-0.2, -0.15) is 0 Å². The van der Waals surface area contributed by atoms with Gasteiger partial charge >= 0.3 is 0 Å². The molecule has 1 aliphatic carbocycles. The summed E-state index contributed by atoms with van der Waals surface area (Å²) >= 11 is 0. The van der Waals surface area contributed by atoms with Crippen LogP contribution < -0.4 is 10.2 Å². The number of amides is 1. The molecular weight excluding hydrogens is 272 g/mol. The predicted octanol–water partition coefficient (Wildman–Crippen LogP) is 1.68. The van der Waals surface area contributed by atoms with Crippen LogP contribution in [0.15, 0.2) is 30.3 Å². The summed E-state index contributed by atoms with van der Waals surface area (Å²) in [7, 11) is 0. The molecule has 0 radical (unpaired) electrons. The van der Waals surface area contributed by atoms with Crippen molar-refractivity contribution in [2.24, 2.45) is 5.92 Å². The number of quaternary nitrogens is 1. The molecule has 1 saturated carbocycles. The van der Waals surface area contributed by atoms with Crippen LogP contribution in [-0.2, 0) is 11.3 Å². The van der Waals surface area contributed by atoms with E-state index in [1.807, 2.05) is 0 Å². The fourth-order valence-electron chi connectivity index (χ4n) is 4.54. The first-order valence-electron chi connectivity index (χ1n) is 8.99. The van der Waals surface area contributed by atoms with Gasteiger partial charge in [0.25, 0.3) is 0 Å². The Morgan fingerprint density at radius 2 is 1.73 bits per heavy atom. The van der Waals surface area contributed by atoms with E-state index in [1.54, 1.807) is 4.90 Å². The topological polar surface area (TPSA) is 33.5 Å². The third kappa shape index (κ3) is 3.05. The largest absolute Gasteiger partial charge is 0.353 e. The Labute approximate surface area is 133 Å². The fraction of sp³-hybridized carbons (Fsp3) is 0.632. The number of carbonyl (C=O) groups is 1. The van der Waals surface area contributed by atoms with Gasteiger partial charge in [0.1, 0.15) is 6.54 Å². The lowest BCUT2D eigenvalue weighted by Gasteiger charge is -2.46. The van der Waals surface area contributed by atoms with Crippen molar-refractivity contribution in [3.8, 4) is 0 Å². The summed E-state index contributed by atoms with van der Waals surface area (Å²) in [4.78, 5) is 13.8. The Balaban J connectivity index is 1.41. The molecule has 3 heteroatoms. The van der Waals surface area contributed by atoms with Crippen LogP contribution in [0.1, 0.15) is 50.5 Å². The summed E-state index contributed by atoms with van der Waals surface area (Å²) in [5.41, 5.74) is 1.45. The fourth-order valence-corrected chi connectivity index (χ4v) is 4.54. The van der Waals surface area contributed by atoms with Crippen molar-refractivity contribution in [1.29, 1.82) is 0 Å². The number of hydrogen-bond acceptors (Lipinski definition) is 1. The van der Waals surface area contributed by atoms with Crippen molar-refractivity contribution >= 4 is 5.91 Å². The number of piperidine rings is 2. The highest BCUT2D eigenvalue weighted by Gasteiger charge is 2.43. The lowest BCUT2D eigenvalue weighted by Crippen LogP contribution is -3.20. The van der Waals surface area contributed by atoms with Gasteiger partial charge < -0.3 is 10.2 Å². The lowest BCUT2D eigenvalue weighted by atomic mass is 9.81. The van der Waals surface area contributed by atoms with Crippen LogP contribution in [0.2, 0.25) is 0 Å². The molecule has 118 valence electrons. The zero-order valence-corrected chi connectivity index (χ0v) is 13.3. The minimum atomic E-state index is 0.328. The number of fused-ring (bicyclic) bond motifs is 2. The van der Waals surface area contributed by atoms with E-state index in [0.717, 1.165) is 31.5 Å². The monoisotopic (exact) mass is 299 g/mol. The van der Waals surface area contributed by atoms with Crippen molar-refractivity contribution < 1.29 is 9.69 Å². The molecule has 1 aromatic rings. The SMILES string of the molecule is O=C(NC1C[C@H]2CCC[C@@H](C1)[NH+]2Cc1ccccc1)C1CC1. The van der Waals surface area contributed by atoms with Crippen LogP contribution in [0, 0.1) is 5.92 Å². The van der Waals surface area contributed by atoms with Crippen molar-refractivity contribution in [2.75, 3.05) is 0 Å². The Bertz CT molecular complexity index is 511. The number of carbonyl (C=O) groups excluding carboxylic acids is 1. The number of hydrogen-bond donors (Lipinski definition) is 2. The summed E-state index contributed by atoms with van der Waals surface area (Å²) in [6.45, 7) is 1.15.